The van der Waals surface area contributed by atoms with E-state index in [9.17, 15) is 15.3 Å². The molecule has 0 amide bonds. The first-order chi connectivity index (χ1) is 16.4. The molecule has 0 saturated carbocycles. The van der Waals surface area contributed by atoms with Crippen molar-refractivity contribution in [3.8, 4) is 34.1 Å². The third-order valence-electron chi connectivity index (χ3n) is 6.76. The number of benzene rings is 4. The molecule has 4 aromatic carbocycles. The standard InChI is InChI=1S/C30H28O4/c1-18-3-5-19(6-4-18)16-27-29(33)26(15-20-7-10-22(31)11-8-20)25-13-9-21-17-23(32)12-14-24(21)28(25)30(27)34-2/h3-8,10-12,14,17,31-33H,9,13,15-16H2,1-2H3. The van der Waals surface area contributed by atoms with Gasteiger partial charge in [-0.1, -0.05) is 48.0 Å². The van der Waals surface area contributed by atoms with Crippen LogP contribution in [0.4, 0.5) is 0 Å². The van der Waals surface area contributed by atoms with Gasteiger partial charge in [-0.15, -0.1) is 0 Å². The Morgan fingerprint density at radius 1 is 0.735 bits per heavy atom. The summed E-state index contributed by atoms with van der Waals surface area (Å²) in [6, 6.07) is 20.9. The smallest absolute Gasteiger partial charge is 0.134 e. The molecule has 4 nitrogen and oxygen atoms in total. The molecule has 4 aromatic rings. The second kappa shape index (κ2) is 8.79. The molecule has 0 atom stereocenters. The molecule has 172 valence electrons. The summed E-state index contributed by atoms with van der Waals surface area (Å²) >= 11 is 0. The van der Waals surface area contributed by atoms with E-state index in [0.717, 1.165) is 57.3 Å². The zero-order valence-electron chi connectivity index (χ0n) is 19.4. The van der Waals surface area contributed by atoms with Gasteiger partial charge in [0, 0.05) is 29.5 Å². The van der Waals surface area contributed by atoms with Crippen LogP contribution < -0.4 is 4.74 Å². The van der Waals surface area contributed by atoms with E-state index in [0.29, 0.717) is 18.6 Å². The van der Waals surface area contributed by atoms with E-state index in [1.165, 1.54) is 5.56 Å². The van der Waals surface area contributed by atoms with Crippen molar-refractivity contribution in [3.05, 3.63) is 106 Å². The summed E-state index contributed by atoms with van der Waals surface area (Å²) in [6.07, 6.45) is 2.61. The number of hydrogen-bond donors (Lipinski definition) is 3. The zero-order chi connectivity index (χ0) is 23.8. The summed E-state index contributed by atoms with van der Waals surface area (Å²) in [5.41, 5.74) is 9.14. The normalized spacial score (nSPS) is 12.2. The molecule has 0 saturated heterocycles. The maximum absolute atomic E-state index is 11.6. The second-order valence-corrected chi connectivity index (χ2v) is 9.04. The molecule has 1 aliphatic rings. The SMILES string of the molecule is COc1c(Cc2ccc(C)cc2)c(O)c(Cc2ccc(O)cc2)c2c1-c1ccc(O)cc1CC2. The van der Waals surface area contributed by atoms with Crippen LogP contribution >= 0.6 is 0 Å². The first-order valence-electron chi connectivity index (χ1n) is 11.5. The van der Waals surface area contributed by atoms with Crippen molar-refractivity contribution in [1.82, 2.24) is 0 Å². The number of phenolic OH excluding ortho intramolecular Hbond substituents is 3. The predicted molar refractivity (Wildman–Crippen MR) is 134 cm³/mol. The zero-order valence-corrected chi connectivity index (χ0v) is 19.4. The summed E-state index contributed by atoms with van der Waals surface area (Å²) in [4.78, 5) is 0. The van der Waals surface area contributed by atoms with Gasteiger partial charge in [0.05, 0.1) is 7.11 Å². The molecular weight excluding hydrogens is 424 g/mol. The van der Waals surface area contributed by atoms with Crippen LogP contribution in [0.15, 0.2) is 66.7 Å². The molecule has 34 heavy (non-hydrogen) atoms. The Hall–Kier alpha value is -3.92. The quantitative estimate of drug-likeness (QED) is 0.344. The topological polar surface area (TPSA) is 69.9 Å². The first kappa shape index (κ1) is 21.9. The lowest BCUT2D eigenvalue weighted by molar-refractivity contribution is 0.400. The van der Waals surface area contributed by atoms with Gasteiger partial charge in [0.15, 0.2) is 0 Å². The Labute approximate surface area is 199 Å². The first-order valence-corrected chi connectivity index (χ1v) is 11.5. The maximum atomic E-state index is 11.6. The van der Waals surface area contributed by atoms with Crippen molar-refractivity contribution in [2.24, 2.45) is 0 Å². The molecular formula is C30H28O4. The summed E-state index contributed by atoms with van der Waals surface area (Å²) in [6.45, 7) is 2.06. The van der Waals surface area contributed by atoms with Crippen molar-refractivity contribution < 1.29 is 20.1 Å². The Morgan fingerprint density at radius 2 is 1.35 bits per heavy atom. The number of hydrogen-bond acceptors (Lipinski definition) is 4. The molecule has 0 heterocycles. The number of ether oxygens (including phenoxy) is 1. The van der Waals surface area contributed by atoms with Gasteiger partial charge in [-0.05, 0) is 71.8 Å². The van der Waals surface area contributed by atoms with E-state index in [-0.39, 0.29) is 17.2 Å². The minimum atomic E-state index is 0.221. The van der Waals surface area contributed by atoms with E-state index >= 15 is 0 Å². The molecule has 0 unspecified atom stereocenters. The van der Waals surface area contributed by atoms with Crippen LogP contribution in [0.3, 0.4) is 0 Å². The minimum absolute atomic E-state index is 0.221. The Kier molecular flexibility index (Phi) is 5.66. The highest BCUT2D eigenvalue weighted by Crippen LogP contribution is 2.49. The number of rotatable bonds is 5. The van der Waals surface area contributed by atoms with Crippen LogP contribution in [0, 0.1) is 6.92 Å². The average molecular weight is 453 g/mol. The van der Waals surface area contributed by atoms with Crippen LogP contribution in [0.25, 0.3) is 11.1 Å². The largest absolute Gasteiger partial charge is 0.508 e. The van der Waals surface area contributed by atoms with Gasteiger partial charge in [-0.3, -0.25) is 0 Å². The van der Waals surface area contributed by atoms with E-state index in [2.05, 4.69) is 31.2 Å². The summed E-state index contributed by atoms with van der Waals surface area (Å²) in [5.74, 6) is 1.43. The van der Waals surface area contributed by atoms with Crippen LogP contribution in [-0.2, 0) is 25.7 Å². The molecule has 0 spiro atoms. The minimum Gasteiger partial charge on any atom is -0.508 e. The molecule has 0 fully saturated rings. The highest BCUT2D eigenvalue weighted by molar-refractivity contribution is 5.84. The van der Waals surface area contributed by atoms with E-state index in [1.807, 2.05) is 24.3 Å². The summed E-state index contributed by atoms with van der Waals surface area (Å²) in [7, 11) is 1.65. The van der Waals surface area contributed by atoms with E-state index in [4.69, 9.17) is 4.74 Å². The molecule has 0 aromatic heterocycles. The number of aromatic hydroxyl groups is 3. The highest BCUT2D eigenvalue weighted by atomic mass is 16.5. The summed E-state index contributed by atoms with van der Waals surface area (Å²) < 4.78 is 5.97. The lowest BCUT2D eigenvalue weighted by Crippen LogP contribution is -2.12. The lowest BCUT2D eigenvalue weighted by Gasteiger charge is -2.28. The monoisotopic (exact) mass is 452 g/mol. The van der Waals surface area contributed by atoms with Crippen LogP contribution in [0.1, 0.15) is 38.9 Å². The number of methoxy groups -OCH3 is 1. The van der Waals surface area contributed by atoms with Crippen LogP contribution in [0.2, 0.25) is 0 Å². The maximum Gasteiger partial charge on any atom is 0.134 e. The van der Waals surface area contributed by atoms with E-state index < -0.39 is 0 Å². The molecule has 4 heteroatoms. The van der Waals surface area contributed by atoms with Crippen molar-refractivity contribution in [2.75, 3.05) is 7.11 Å². The van der Waals surface area contributed by atoms with Crippen molar-refractivity contribution in [3.63, 3.8) is 0 Å². The van der Waals surface area contributed by atoms with Gasteiger partial charge >= 0.3 is 0 Å². The summed E-state index contributed by atoms with van der Waals surface area (Å²) in [5, 5.41) is 31.4. The average Bonchev–Trinajstić information content (AvgIpc) is 2.84. The Bertz CT molecular complexity index is 1280. The third kappa shape index (κ3) is 3.96. The number of aryl methyl sites for hydroxylation is 2. The highest BCUT2D eigenvalue weighted by Gasteiger charge is 2.29. The van der Waals surface area contributed by atoms with Gasteiger partial charge < -0.3 is 20.1 Å². The van der Waals surface area contributed by atoms with Crippen LogP contribution in [0.5, 0.6) is 23.0 Å². The van der Waals surface area contributed by atoms with Gasteiger partial charge in [-0.2, -0.15) is 0 Å². The predicted octanol–water partition coefficient (Wildman–Crippen LogP) is 6.07. The molecule has 1 aliphatic carbocycles. The Balaban J connectivity index is 1.74. The Morgan fingerprint density at radius 3 is 2.03 bits per heavy atom. The van der Waals surface area contributed by atoms with Gasteiger partial charge in [-0.25, -0.2) is 0 Å². The van der Waals surface area contributed by atoms with Crippen LogP contribution in [-0.4, -0.2) is 22.4 Å². The molecule has 5 rings (SSSR count). The lowest BCUT2D eigenvalue weighted by atomic mass is 9.79. The molecule has 0 radical (unpaired) electrons. The second-order valence-electron chi connectivity index (χ2n) is 9.04. The fourth-order valence-electron chi connectivity index (χ4n) is 5.03. The molecule has 0 bridgehead atoms. The van der Waals surface area contributed by atoms with Gasteiger partial charge in [0.25, 0.3) is 0 Å². The van der Waals surface area contributed by atoms with Crippen molar-refractivity contribution in [2.45, 2.75) is 32.6 Å². The van der Waals surface area contributed by atoms with Crippen molar-refractivity contribution in [1.29, 1.82) is 0 Å². The number of phenols is 3. The third-order valence-corrected chi connectivity index (χ3v) is 6.76. The molecule has 0 aliphatic heterocycles. The van der Waals surface area contributed by atoms with E-state index in [1.54, 1.807) is 25.3 Å². The van der Waals surface area contributed by atoms with Gasteiger partial charge in [0.2, 0.25) is 0 Å². The fraction of sp³-hybridized carbons (Fsp3) is 0.200. The van der Waals surface area contributed by atoms with Crippen molar-refractivity contribution >= 4 is 0 Å². The fourth-order valence-corrected chi connectivity index (χ4v) is 5.03. The number of fused-ring (bicyclic) bond motifs is 3. The van der Waals surface area contributed by atoms with Gasteiger partial charge in [0.1, 0.15) is 23.0 Å². The molecule has 3 N–H and O–H groups in total.